The third-order valence-corrected chi connectivity index (χ3v) is 16.6. The number of carbonyl (C=O) groups excluding carboxylic acids is 2. The first kappa shape index (κ1) is 31.7. The first-order valence-electron chi connectivity index (χ1n) is 19.6. The average Bonchev–Trinajstić information content (AvgIpc) is 3.89. The third kappa shape index (κ3) is 4.39. The quantitative estimate of drug-likeness (QED) is 0.266. The van der Waals surface area contributed by atoms with E-state index in [-0.39, 0.29) is 22.0 Å². The number of allylic oxidation sites excluding steroid dienone is 6. The van der Waals surface area contributed by atoms with Gasteiger partial charge >= 0.3 is 0 Å². The summed E-state index contributed by atoms with van der Waals surface area (Å²) in [6.45, 7) is 10.8. The largest absolute Gasteiger partial charge is 0.366 e. The molecule has 0 saturated heterocycles. The molecule has 2 heterocycles. The zero-order valence-electron chi connectivity index (χ0n) is 29.3. The lowest BCUT2D eigenvalue weighted by atomic mass is 9.48. The van der Waals surface area contributed by atoms with Crippen LogP contribution in [0.2, 0.25) is 0 Å². The van der Waals surface area contributed by atoms with Crippen LogP contribution >= 0.6 is 0 Å². The first-order valence-corrected chi connectivity index (χ1v) is 19.6. The summed E-state index contributed by atoms with van der Waals surface area (Å²) in [5.41, 5.74) is 3.32. The Balaban J connectivity index is 0.000000131. The Morgan fingerprint density at radius 2 is 1.38 bits per heavy atom. The molecule has 0 aromatic rings. The van der Waals surface area contributed by atoms with E-state index in [0.717, 1.165) is 74.9 Å². The van der Waals surface area contributed by atoms with Gasteiger partial charge in [0.05, 0.1) is 24.4 Å². The van der Waals surface area contributed by atoms with Crippen LogP contribution in [0.3, 0.4) is 0 Å². The first-order chi connectivity index (χ1) is 23.2. The Hall–Kier alpha value is -2.30. The summed E-state index contributed by atoms with van der Waals surface area (Å²) in [6.07, 6.45) is 34.9. The van der Waals surface area contributed by atoms with Gasteiger partial charge in [-0.3, -0.25) is 9.59 Å². The van der Waals surface area contributed by atoms with E-state index in [9.17, 15) is 9.59 Å². The van der Waals surface area contributed by atoms with E-state index in [1.807, 2.05) is 12.2 Å². The molecule has 0 amide bonds. The van der Waals surface area contributed by atoms with Gasteiger partial charge in [0.2, 0.25) is 0 Å². The SMILES string of the molecule is C=CC1CC2=CC(=O)CC[C@@H]2C2CC[C@@]3(C)C(CC[C@@]34C=CCO4)C12.C[C@]12CCC3C(C=CC4=CC(=O)CC[C@@H]43)C1CC[C@@]21C=CCO1. The van der Waals surface area contributed by atoms with Gasteiger partial charge in [0, 0.05) is 23.7 Å². The number of rotatable bonds is 1. The number of carbonyl (C=O) groups is 2. The Morgan fingerprint density at radius 1 is 0.750 bits per heavy atom. The minimum Gasteiger partial charge on any atom is -0.366 e. The maximum Gasteiger partial charge on any atom is 0.155 e. The smallest absolute Gasteiger partial charge is 0.155 e. The highest BCUT2D eigenvalue weighted by atomic mass is 16.5. The maximum atomic E-state index is 12.0. The summed E-state index contributed by atoms with van der Waals surface area (Å²) in [6, 6.07) is 0. The summed E-state index contributed by atoms with van der Waals surface area (Å²) in [5.74, 6) is 6.85. The van der Waals surface area contributed by atoms with Crippen LogP contribution < -0.4 is 0 Å². The van der Waals surface area contributed by atoms with Gasteiger partial charge in [0.15, 0.2) is 11.6 Å². The summed E-state index contributed by atoms with van der Waals surface area (Å²) in [5, 5.41) is 0. The summed E-state index contributed by atoms with van der Waals surface area (Å²) >= 11 is 0. The lowest BCUT2D eigenvalue weighted by Gasteiger charge is -2.57. The molecule has 13 atom stereocenters. The Labute approximate surface area is 288 Å². The molecule has 4 nitrogen and oxygen atoms in total. The molecule has 10 rings (SSSR count). The predicted octanol–water partition coefficient (Wildman–Crippen LogP) is 9.09. The van der Waals surface area contributed by atoms with Crippen LogP contribution in [0.5, 0.6) is 0 Å². The Bertz CT molecular complexity index is 1540. The molecule has 5 saturated carbocycles. The van der Waals surface area contributed by atoms with Crippen molar-refractivity contribution in [2.45, 2.75) is 109 Å². The lowest BCUT2D eigenvalue weighted by molar-refractivity contribution is -0.121. The molecule has 48 heavy (non-hydrogen) atoms. The Kier molecular flexibility index (Phi) is 7.49. The van der Waals surface area contributed by atoms with Gasteiger partial charge in [-0.05, 0) is 142 Å². The molecule has 2 spiro atoms. The van der Waals surface area contributed by atoms with Crippen molar-refractivity contribution in [2.75, 3.05) is 13.2 Å². The lowest BCUT2D eigenvalue weighted by Crippen LogP contribution is -2.54. The zero-order chi connectivity index (χ0) is 32.9. The van der Waals surface area contributed by atoms with Crippen molar-refractivity contribution in [1.29, 1.82) is 0 Å². The van der Waals surface area contributed by atoms with E-state index in [1.54, 1.807) is 0 Å². The van der Waals surface area contributed by atoms with Gasteiger partial charge in [0.25, 0.3) is 0 Å². The van der Waals surface area contributed by atoms with Crippen LogP contribution in [-0.4, -0.2) is 36.0 Å². The van der Waals surface area contributed by atoms with Crippen LogP contribution in [0.15, 0.2) is 72.4 Å². The van der Waals surface area contributed by atoms with Crippen LogP contribution in [-0.2, 0) is 19.1 Å². The molecular formula is C44H56O4. The molecule has 0 aromatic carbocycles. The van der Waals surface area contributed by atoms with E-state index in [1.165, 1.54) is 62.5 Å². The fraction of sp³-hybridized carbons (Fsp3) is 0.682. The van der Waals surface area contributed by atoms with Crippen LogP contribution in [0.1, 0.15) is 97.3 Å². The normalized spacial score (nSPS) is 50.8. The van der Waals surface area contributed by atoms with Crippen molar-refractivity contribution in [3.05, 3.63) is 72.4 Å². The predicted molar refractivity (Wildman–Crippen MR) is 189 cm³/mol. The molecule has 4 heteroatoms. The second kappa shape index (κ2) is 11.4. The molecule has 7 unspecified atom stereocenters. The van der Waals surface area contributed by atoms with Crippen molar-refractivity contribution in [3.8, 4) is 0 Å². The highest BCUT2D eigenvalue weighted by molar-refractivity contribution is 5.92. The van der Waals surface area contributed by atoms with Crippen LogP contribution in [0.25, 0.3) is 0 Å². The Morgan fingerprint density at radius 3 is 2.04 bits per heavy atom. The monoisotopic (exact) mass is 648 g/mol. The fourth-order valence-electron chi connectivity index (χ4n) is 14.2. The molecule has 2 aliphatic heterocycles. The van der Waals surface area contributed by atoms with Gasteiger partial charge in [-0.15, -0.1) is 6.58 Å². The van der Waals surface area contributed by atoms with Gasteiger partial charge in [-0.25, -0.2) is 0 Å². The van der Waals surface area contributed by atoms with Gasteiger partial charge in [0.1, 0.15) is 0 Å². The van der Waals surface area contributed by atoms with E-state index in [0.29, 0.717) is 35.2 Å². The van der Waals surface area contributed by atoms with E-state index >= 15 is 0 Å². The summed E-state index contributed by atoms with van der Waals surface area (Å²) < 4.78 is 12.6. The molecule has 5 fully saturated rings. The molecule has 256 valence electrons. The van der Waals surface area contributed by atoms with E-state index in [4.69, 9.17) is 9.47 Å². The summed E-state index contributed by atoms with van der Waals surface area (Å²) in [4.78, 5) is 23.7. The summed E-state index contributed by atoms with van der Waals surface area (Å²) in [7, 11) is 0. The molecule has 0 N–H and O–H groups in total. The molecule has 0 aromatic heterocycles. The molecular weight excluding hydrogens is 592 g/mol. The zero-order valence-corrected chi connectivity index (χ0v) is 29.3. The van der Waals surface area contributed by atoms with Crippen molar-refractivity contribution in [1.82, 2.24) is 0 Å². The number of hydrogen-bond donors (Lipinski definition) is 0. The number of hydrogen-bond acceptors (Lipinski definition) is 4. The average molecular weight is 649 g/mol. The highest BCUT2D eigenvalue weighted by Crippen LogP contribution is 2.68. The van der Waals surface area contributed by atoms with Crippen molar-refractivity contribution < 1.29 is 19.1 Å². The topological polar surface area (TPSA) is 52.6 Å². The number of ketones is 2. The molecule has 8 aliphatic carbocycles. The number of ether oxygens (including phenoxy) is 2. The van der Waals surface area contributed by atoms with Crippen molar-refractivity contribution in [2.24, 2.45) is 64.1 Å². The van der Waals surface area contributed by atoms with Crippen LogP contribution in [0, 0.1) is 64.1 Å². The fourth-order valence-corrected chi connectivity index (χ4v) is 14.2. The van der Waals surface area contributed by atoms with E-state index in [2.05, 4.69) is 63.0 Å². The standard InChI is InChI=1S/C23H30O2.C21H26O2/c1-3-15-13-16-14-17(24)5-6-18(16)19-7-10-22(2)20(21(15)19)8-11-23(22)9-4-12-25-23;1-20-10-7-17-16-6-4-15(22)13-14(16)3-5-18(17)19(20)8-11-21(20)9-2-12-23-21/h3-4,9,14-15,18-21H,1,5-8,10-13H2,2H3;2-3,5,9,13,16-19H,4,6-8,10-12H2,1H3/t15?,18-,19?,20?,21?,22-,23-;16-,17?,18?,19?,20-,21-/m00/s1. The highest BCUT2D eigenvalue weighted by Gasteiger charge is 2.65. The molecule has 0 bridgehead atoms. The third-order valence-electron chi connectivity index (χ3n) is 16.6. The second-order valence-electron chi connectivity index (χ2n) is 17.9. The van der Waals surface area contributed by atoms with Crippen LogP contribution in [0.4, 0.5) is 0 Å². The second-order valence-corrected chi connectivity index (χ2v) is 17.9. The minimum atomic E-state index is -0.00694. The number of fused-ring (bicyclic) bond motifs is 12. The molecule has 0 radical (unpaired) electrons. The minimum absolute atomic E-state index is 0.00694. The van der Waals surface area contributed by atoms with Crippen molar-refractivity contribution in [3.63, 3.8) is 0 Å². The maximum absolute atomic E-state index is 12.0. The van der Waals surface area contributed by atoms with Crippen molar-refractivity contribution >= 4 is 11.6 Å². The van der Waals surface area contributed by atoms with E-state index < -0.39 is 0 Å². The van der Waals surface area contributed by atoms with Gasteiger partial charge in [-0.1, -0.05) is 62.0 Å². The van der Waals surface area contributed by atoms with Gasteiger partial charge in [-0.2, -0.15) is 0 Å². The van der Waals surface area contributed by atoms with Gasteiger partial charge < -0.3 is 9.47 Å². The molecule has 10 aliphatic rings.